The fraction of sp³-hybridized carbons (Fsp3) is 0.333. The third-order valence-corrected chi connectivity index (χ3v) is 5.09. The van der Waals surface area contributed by atoms with Crippen LogP contribution in [0.4, 0.5) is 24.7 Å². The predicted octanol–water partition coefficient (Wildman–Crippen LogP) is 3.95. The zero-order chi connectivity index (χ0) is 18.4. The minimum absolute atomic E-state index is 0.182. The first-order chi connectivity index (χ1) is 12.6. The molecule has 6 nitrogen and oxygen atoms in total. The zero-order valence-corrected chi connectivity index (χ0v) is 15.0. The highest BCUT2D eigenvalue weighted by atomic mass is 32.1. The normalized spacial score (nSPS) is 14.7. The molecule has 1 aromatic heterocycles. The predicted molar refractivity (Wildman–Crippen MR) is 101 cm³/mol. The van der Waals surface area contributed by atoms with Crippen molar-refractivity contribution in [2.24, 2.45) is 5.92 Å². The number of carbonyl (C=O) groups excluding carboxylic acids is 2. The molecule has 1 aromatic carbocycles. The highest BCUT2D eigenvalue weighted by molar-refractivity contribution is 7.14. The molecule has 2 heterocycles. The van der Waals surface area contributed by atoms with Crippen molar-refractivity contribution in [3.8, 4) is 0 Å². The summed E-state index contributed by atoms with van der Waals surface area (Å²) < 4.78 is 12.9. The van der Waals surface area contributed by atoms with Crippen LogP contribution in [-0.2, 0) is 0 Å². The van der Waals surface area contributed by atoms with E-state index in [2.05, 4.69) is 16.0 Å². The number of halogens is 1. The maximum absolute atomic E-state index is 12.9. The second-order valence-corrected chi connectivity index (χ2v) is 7.13. The van der Waals surface area contributed by atoms with Gasteiger partial charge in [0, 0.05) is 25.3 Å². The van der Waals surface area contributed by atoms with E-state index in [0.717, 1.165) is 17.8 Å². The summed E-state index contributed by atoms with van der Waals surface area (Å²) in [4.78, 5) is 25.8. The van der Waals surface area contributed by atoms with Gasteiger partial charge in [-0.2, -0.15) is 0 Å². The van der Waals surface area contributed by atoms with E-state index in [9.17, 15) is 14.0 Å². The molecule has 0 aliphatic carbocycles. The molecule has 2 aromatic rings. The van der Waals surface area contributed by atoms with Crippen molar-refractivity contribution in [1.82, 2.24) is 10.2 Å². The van der Waals surface area contributed by atoms with Crippen LogP contribution in [0.2, 0.25) is 0 Å². The van der Waals surface area contributed by atoms with Crippen LogP contribution in [-0.4, -0.2) is 36.6 Å². The molecule has 1 saturated heterocycles. The van der Waals surface area contributed by atoms with Gasteiger partial charge in [-0.25, -0.2) is 14.0 Å². The van der Waals surface area contributed by atoms with E-state index in [0.29, 0.717) is 31.2 Å². The van der Waals surface area contributed by atoms with Gasteiger partial charge in [-0.3, -0.25) is 5.32 Å². The van der Waals surface area contributed by atoms with Crippen LogP contribution >= 0.6 is 11.3 Å². The summed E-state index contributed by atoms with van der Waals surface area (Å²) in [5.41, 5.74) is 0.574. The monoisotopic (exact) mass is 376 g/mol. The van der Waals surface area contributed by atoms with Gasteiger partial charge in [0.25, 0.3) is 0 Å². The summed E-state index contributed by atoms with van der Waals surface area (Å²) >= 11 is 1.47. The first-order valence-electron chi connectivity index (χ1n) is 8.50. The second kappa shape index (κ2) is 8.66. The molecule has 26 heavy (non-hydrogen) atoms. The average Bonchev–Trinajstić information content (AvgIpc) is 3.15. The summed E-state index contributed by atoms with van der Waals surface area (Å²) in [6.45, 7) is 1.85. The number of hydrogen-bond donors (Lipinski definition) is 3. The first-order valence-corrected chi connectivity index (χ1v) is 9.38. The van der Waals surface area contributed by atoms with Crippen LogP contribution in [0, 0.1) is 11.7 Å². The van der Waals surface area contributed by atoms with Crippen molar-refractivity contribution in [2.45, 2.75) is 12.8 Å². The van der Waals surface area contributed by atoms with Crippen LogP contribution in [0.15, 0.2) is 41.8 Å². The number of anilines is 2. The number of benzene rings is 1. The van der Waals surface area contributed by atoms with Crippen LogP contribution < -0.4 is 16.0 Å². The molecular weight excluding hydrogens is 355 g/mol. The standard InChI is InChI=1S/C18H21FN4O2S/c19-14-3-5-15(6-4-14)21-18(25)23-9-7-13(8-10-23)12-20-17(24)22-16-2-1-11-26-16/h1-6,11,13H,7-10,12H2,(H,21,25)(H2,20,22,24). The van der Waals surface area contributed by atoms with Gasteiger partial charge in [0.1, 0.15) is 5.82 Å². The van der Waals surface area contributed by atoms with Crippen molar-refractivity contribution in [3.05, 3.63) is 47.6 Å². The number of thiophene rings is 1. The fourth-order valence-electron chi connectivity index (χ4n) is 2.82. The van der Waals surface area contributed by atoms with Crippen LogP contribution in [0.5, 0.6) is 0 Å². The van der Waals surface area contributed by atoms with Gasteiger partial charge in [-0.05, 0) is 60.5 Å². The van der Waals surface area contributed by atoms with Gasteiger partial charge >= 0.3 is 12.1 Å². The van der Waals surface area contributed by atoms with E-state index < -0.39 is 0 Å². The van der Waals surface area contributed by atoms with Gasteiger partial charge in [-0.15, -0.1) is 11.3 Å². The molecule has 1 fully saturated rings. The number of urea groups is 2. The lowest BCUT2D eigenvalue weighted by Crippen LogP contribution is -2.43. The second-order valence-electron chi connectivity index (χ2n) is 6.18. The Morgan fingerprint density at radius 3 is 2.50 bits per heavy atom. The van der Waals surface area contributed by atoms with Gasteiger partial charge in [0.2, 0.25) is 0 Å². The smallest absolute Gasteiger partial charge is 0.321 e. The van der Waals surface area contributed by atoms with Gasteiger partial charge < -0.3 is 15.5 Å². The van der Waals surface area contributed by atoms with Crippen molar-refractivity contribution in [1.29, 1.82) is 0 Å². The quantitative estimate of drug-likeness (QED) is 0.756. The third-order valence-electron chi connectivity index (χ3n) is 4.31. The highest BCUT2D eigenvalue weighted by Gasteiger charge is 2.23. The molecule has 1 aliphatic heterocycles. The molecule has 0 spiro atoms. The van der Waals surface area contributed by atoms with Crippen molar-refractivity contribution in [2.75, 3.05) is 30.3 Å². The maximum atomic E-state index is 12.9. The Hall–Kier alpha value is -2.61. The number of nitrogens with one attached hydrogen (secondary N) is 3. The number of nitrogens with zero attached hydrogens (tertiary/aromatic N) is 1. The number of rotatable bonds is 4. The molecule has 0 saturated carbocycles. The zero-order valence-electron chi connectivity index (χ0n) is 14.2. The van der Waals surface area contributed by atoms with Crippen molar-refractivity contribution < 1.29 is 14.0 Å². The van der Waals surface area contributed by atoms with E-state index >= 15 is 0 Å². The van der Waals surface area contributed by atoms with E-state index in [1.54, 1.807) is 4.90 Å². The Labute approximate surface area is 155 Å². The first kappa shape index (κ1) is 18.2. The van der Waals surface area contributed by atoms with E-state index in [4.69, 9.17) is 0 Å². The summed E-state index contributed by atoms with van der Waals surface area (Å²) in [7, 11) is 0. The molecule has 3 N–H and O–H groups in total. The van der Waals surface area contributed by atoms with Crippen LogP contribution in [0.3, 0.4) is 0 Å². The maximum Gasteiger partial charge on any atom is 0.321 e. The summed E-state index contributed by atoms with van der Waals surface area (Å²) in [5.74, 6) is 0.0124. The molecule has 4 amide bonds. The van der Waals surface area contributed by atoms with E-state index in [1.807, 2.05) is 17.5 Å². The Morgan fingerprint density at radius 2 is 1.85 bits per heavy atom. The lowest BCUT2D eigenvalue weighted by atomic mass is 9.97. The number of hydrogen-bond acceptors (Lipinski definition) is 3. The third kappa shape index (κ3) is 5.19. The minimum atomic E-state index is -0.334. The van der Waals surface area contributed by atoms with Crippen molar-refractivity contribution in [3.63, 3.8) is 0 Å². The Kier molecular flexibility index (Phi) is 6.06. The van der Waals surface area contributed by atoms with Crippen LogP contribution in [0.25, 0.3) is 0 Å². The van der Waals surface area contributed by atoms with Crippen molar-refractivity contribution >= 4 is 34.1 Å². The van der Waals surface area contributed by atoms with Gasteiger partial charge in [-0.1, -0.05) is 0 Å². The lowest BCUT2D eigenvalue weighted by molar-refractivity contribution is 0.181. The molecule has 0 bridgehead atoms. The molecule has 0 unspecified atom stereocenters. The van der Waals surface area contributed by atoms with E-state index in [1.165, 1.54) is 35.6 Å². The molecule has 0 radical (unpaired) electrons. The largest absolute Gasteiger partial charge is 0.338 e. The fourth-order valence-corrected chi connectivity index (χ4v) is 3.43. The Balaban J connectivity index is 1.37. The topological polar surface area (TPSA) is 73.5 Å². The molecule has 3 rings (SSSR count). The van der Waals surface area contributed by atoms with Crippen LogP contribution in [0.1, 0.15) is 12.8 Å². The molecule has 8 heteroatoms. The van der Waals surface area contributed by atoms with Gasteiger partial charge in [0.15, 0.2) is 0 Å². The average molecular weight is 376 g/mol. The molecule has 138 valence electrons. The Morgan fingerprint density at radius 1 is 1.12 bits per heavy atom. The number of likely N-dealkylation sites (tertiary alicyclic amines) is 1. The molecule has 1 aliphatic rings. The minimum Gasteiger partial charge on any atom is -0.338 e. The number of piperidine rings is 1. The summed E-state index contributed by atoms with van der Waals surface area (Å²) in [5, 5.41) is 11.2. The van der Waals surface area contributed by atoms with Gasteiger partial charge in [0.05, 0.1) is 5.00 Å². The summed E-state index contributed by atoms with van der Waals surface area (Å²) in [6, 6.07) is 9.05. The lowest BCUT2D eigenvalue weighted by Gasteiger charge is -2.32. The number of amides is 4. The SMILES string of the molecule is O=C(NCC1CCN(C(=O)Nc2ccc(F)cc2)CC1)Nc1cccs1. The molecular formula is C18H21FN4O2S. The Bertz CT molecular complexity index is 728. The molecule has 0 atom stereocenters. The number of carbonyl (C=O) groups is 2. The highest BCUT2D eigenvalue weighted by Crippen LogP contribution is 2.18. The summed E-state index contributed by atoms with van der Waals surface area (Å²) in [6.07, 6.45) is 1.66. The van der Waals surface area contributed by atoms with E-state index in [-0.39, 0.29) is 17.9 Å².